The molecule has 0 bridgehead atoms. The lowest BCUT2D eigenvalue weighted by Gasteiger charge is -2.46. The maximum atomic E-state index is 11.9. The number of aliphatic hydroxyl groups excluding tert-OH is 1. The van der Waals surface area contributed by atoms with Gasteiger partial charge in [-0.25, -0.2) is 0 Å². The first-order valence-corrected chi connectivity index (χ1v) is 12.6. The molecule has 2 aliphatic rings. The van der Waals surface area contributed by atoms with Gasteiger partial charge in [-0.05, 0) is 56.0 Å². The van der Waals surface area contributed by atoms with Gasteiger partial charge >= 0.3 is 0 Å². The average Bonchev–Trinajstić information content (AvgIpc) is 3.30. The molecule has 30 heavy (non-hydrogen) atoms. The quantitative estimate of drug-likeness (QED) is 0.566. The average molecular weight is 425 g/mol. The number of para-hydroxylation sites is 1. The Kier molecular flexibility index (Phi) is 7.40. The van der Waals surface area contributed by atoms with Crippen molar-refractivity contribution < 1.29 is 5.11 Å². The summed E-state index contributed by atoms with van der Waals surface area (Å²) in [7, 11) is 0. The summed E-state index contributed by atoms with van der Waals surface area (Å²) in [5.41, 5.74) is 2.48. The molecule has 3 nitrogen and oxygen atoms in total. The van der Waals surface area contributed by atoms with Gasteiger partial charge in [0.1, 0.15) is 6.23 Å². The molecule has 0 saturated carbocycles. The smallest absolute Gasteiger partial charge is 0.143 e. The summed E-state index contributed by atoms with van der Waals surface area (Å²) in [6, 6.07) is 19.7. The predicted octanol–water partition coefficient (Wildman–Crippen LogP) is 5.95. The second kappa shape index (κ2) is 10.2. The molecule has 3 atom stereocenters. The van der Waals surface area contributed by atoms with Gasteiger partial charge in [-0.15, -0.1) is 11.8 Å². The molecule has 0 aliphatic carbocycles. The lowest BCUT2D eigenvalue weighted by molar-refractivity contribution is 0.0467. The maximum absolute atomic E-state index is 11.9. The first-order valence-electron chi connectivity index (χ1n) is 11.6. The Morgan fingerprint density at radius 2 is 1.67 bits per heavy atom. The van der Waals surface area contributed by atoms with Crippen LogP contribution in [0.3, 0.4) is 0 Å². The van der Waals surface area contributed by atoms with Gasteiger partial charge in [0.25, 0.3) is 0 Å². The van der Waals surface area contributed by atoms with Crippen molar-refractivity contribution in [2.24, 2.45) is 5.92 Å². The first kappa shape index (κ1) is 21.7. The number of aliphatic hydroxyl groups is 1. The van der Waals surface area contributed by atoms with E-state index >= 15 is 0 Å². The predicted molar refractivity (Wildman–Crippen MR) is 128 cm³/mol. The lowest BCUT2D eigenvalue weighted by Crippen LogP contribution is -2.53. The normalized spacial score (nSPS) is 21.6. The topological polar surface area (TPSA) is 26.7 Å². The van der Waals surface area contributed by atoms with Crippen molar-refractivity contribution in [1.29, 1.82) is 0 Å². The fourth-order valence-electron chi connectivity index (χ4n) is 4.98. The third kappa shape index (κ3) is 4.87. The van der Waals surface area contributed by atoms with Crippen LogP contribution in [0.25, 0.3) is 0 Å². The van der Waals surface area contributed by atoms with Crippen molar-refractivity contribution in [2.75, 3.05) is 23.7 Å². The Bertz CT molecular complexity index is 791. The van der Waals surface area contributed by atoms with Gasteiger partial charge in [0.2, 0.25) is 0 Å². The summed E-state index contributed by atoms with van der Waals surface area (Å²) in [6.45, 7) is 6.82. The summed E-state index contributed by atoms with van der Waals surface area (Å²) in [4.78, 5) is 6.17. The van der Waals surface area contributed by atoms with E-state index in [-0.39, 0.29) is 12.1 Å². The zero-order valence-corrected chi connectivity index (χ0v) is 19.2. The van der Waals surface area contributed by atoms with Crippen molar-refractivity contribution in [2.45, 2.75) is 69.2 Å². The van der Waals surface area contributed by atoms with E-state index < -0.39 is 6.23 Å². The molecular weight excluding hydrogens is 388 g/mol. The molecule has 3 unspecified atom stereocenters. The van der Waals surface area contributed by atoms with E-state index in [2.05, 4.69) is 78.2 Å². The number of hydrogen-bond acceptors (Lipinski definition) is 4. The van der Waals surface area contributed by atoms with E-state index in [4.69, 9.17) is 0 Å². The number of rotatable bonds is 8. The van der Waals surface area contributed by atoms with Crippen LogP contribution in [0.5, 0.6) is 0 Å². The Labute approximate surface area is 186 Å². The van der Waals surface area contributed by atoms with Crippen LogP contribution in [-0.2, 0) is 0 Å². The minimum absolute atomic E-state index is 0.189. The summed E-state index contributed by atoms with van der Waals surface area (Å²) in [5.74, 6) is 1.68. The van der Waals surface area contributed by atoms with Crippen LogP contribution in [0, 0.1) is 5.92 Å². The van der Waals surface area contributed by atoms with Crippen molar-refractivity contribution in [3.63, 3.8) is 0 Å². The molecule has 1 N–H and O–H groups in total. The first-order chi connectivity index (χ1) is 14.6. The monoisotopic (exact) mass is 424 g/mol. The molecule has 0 amide bonds. The summed E-state index contributed by atoms with van der Waals surface area (Å²) < 4.78 is 0. The summed E-state index contributed by atoms with van der Waals surface area (Å²) >= 11 is 1.91. The second-order valence-corrected chi connectivity index (χ2v) is 10.2. The van der Waals surface area contributed by atoms with E-state index in [1.807, 2.05) is 11.8 Å². The molecule has 0 aromatic heterocycles. The largest absolute Gasteiger partial charge is 0.372 e. The van der Waals surface area contributed by atoms with Crippen molar-refractivity contribution >= 4 is 17.4 Å². The van der Waals surface area contributed by atoms with Crippen LogP contribution in [-0.4, -0.2) is 41.1 Å². The summed E-state index contributed by atoms with van der Waals surface area (Å²) in [6.07, 6.45) is 5.47. The molecule has 2 aliphatic heterocycles. The van der Waals surface area contributed by atoms with Crippen LogP contribution in [0.4, 0.5) is 5.69 Å². The fraction of sp³-hybridized carbons (Fsp3) is 0.538. The van der Waals surface area contributed by atoms with Gasteiger partial charge in [0, 0.05) is 10.6 Å². The number of likely N-dealkylation sites (tertiary alicyclic amines) is 1. The summed E-state index contributed by atoms with van der Waals surface area (Å²) in [5, 5.41) is 11.9. The Balaban J connectivity index is 1.66. The van der Waals surface area contributed by atoms with Crippen LogP contribution < -0.4 is 4.90 Å². The van der Waals surface area contributed by atoms with E-state index in [1.54, 1.807) is 0 Å². The molecule has 0 radical (unpaired) electrons. The minimum Gasteiger partial charge on any atom is -0.372 e. The number of anilines is 1. The lowest BCUT2D eigenvalue weighted by atomic mass is 9.98. The Morgan fingerprint density at radius 3 is 2.40 bits per heavy atom. The van der Waals surface area contributed by atoms with Crippen LogP contribution in [0.15, 0.2) is 59.5 Å². The molecule has 4 heteroatoms. The highest BCUT2D eigenvalue weighted by atomic mass is 32.2. The van der Waals surface area contributed by atoms with Crippen LogP contribution in [0.2, 0.25) is 0 Å². The minimum atomic E-state index is -0.498. The molecular formula is C26H36N2OS. The molecule has 1 fully saturated rings. The van der Waals surface area contributed by atoms with Crippen molar-refractivity contribution in [1.82, 2.24) is 4.90 Å². The number of fused-ring (bicyclic) bond motifs is 1. The molecule has 0 spiro atoms. The highest BCUT2D eigenvalue weighted by Crippen LogP contribution is 2.45. The number of benzene rings is 2. The fourth-order valence-corrected chi connectivity index (χ4v) is 6.17. The van der Waals surface area contributed by atoms with Gasteiger partial charge in [0.05, 0.1) is 17.8 Å². The van der Waals surface area contributed by atoms with Gasteiger partial charge in [-0.3, -0.25) is 4.90 Å². The van der Waals surface area contributed by atoms with E-state index in [9.17, 15) is 5.11 Å². The van der Waals surface area contributed by atoms with Crippen molar-refractivity contribution in [3.8, 4) is 0 Å². The molecule has 162 valence electrons. The zero-order valence-electron chi connectivity index (χ0n) is 18.4. The van der Waals surface area contributed by atoms with Gasteiger partial charge in [-0.1, -0.05) is 69.2 Å². The SMILES string of the molecule is CC(C)CCCC(C(O)N1c2ccccc2SCC1c1ccccc1)N1CCCC1. The Hall–Kier alpha value is -1.49. The third-order valence-corrected chi connectivity index (χ3v) is 7.72. The number of hydrogen-bond donors (Lipinski definition) is 1. The maximum Gasteiger partial charge on any atom is 0.143 e. The van der Waals surface area contributed by atoms with Gasteiger partial charge in [-0.2, -0.15) is 0 Å². The highest BCUT2D eigenvalue weighted by Gasteiger charge is 2.38. The van der Waals surface area contributed by atoms with Crippen LogP contribution in [0.1, 0.15) is 57.6 Å². The number of thioether (sulfide) groups is 1. The van der Waals surface area contributed by atoms with E-state index in [0.29, 0.717) is 5.92 Å². The second-order valence-electron chi connectivity index (χ2n) is 9.16. The molecule has 2 heterocycles. The van der Waals surface area contributed by atoms with Gasteiger partial charge < -0.3 is 10.0 Å². The van der Waals surface area contributed by atoms with Crippen molar-refractivity contribution in [3.05, 3.63) is 60.2 Å². The van der Waals surface area contributed by atoms with E-state index in [1.165, 1.54) is 41.8 Å². The number of nitrogens with zero attached hydrogens (tertiary/aromatic N) is 2. The van der Waals surface area contributed by atoms with Gasteiger partial charge in [0.15, 0.2) is 0 Å². The van der Waals surface area contributed by atoms with Crippen LogP contribution >= 0.6 is 11.8 Å². The molecule has 2 aromatic carbocycles. The standard InChI is InChI=1S/C26H36N2OS/c1-20(2)11-10-15-23(27-17-8-9-18-27)26(29)28-22-14-6-7-16-25(22)30-19-24(28)21-12-4-3-5-13-21/h3-7,12-14,16,20,23-24,26,29H,8-11,15,17-19H2,1-2H3. The molecule has 2 aromatic rings. The third-order valence-electron chi connectivity index (χ3n) is 6.58. The molecule has 1 saturated heterocycles. The van der Waals surface area contributed by atoms with E-state index in [0.717, 1.165) is 25.3 Å². The Morgan fingerprint density at radius 1 is 0.967 bits per heavy atom. The molecule has 4 rings (SSSR count). The highest BCUT2D eigenvalue weighted by molar-refractivity contribution is 7.99. The zero-order chi connectivity index (χ0) is 20.9.